The molecule has 0 fully saturated rings. The third-order valence-electron chi connectivity index (χ3n) is 6.36. The Labute approximate surface area is 277 Å². The molecule has 4 N–H and O–H groups in total. The Morgan fingerprint density at radius 2 is 1.91 bits per heavy atom. The quantitative estimate of drug-likeness (QED) is 0.0615. The SMILES string of the molecule is CCOc1cc([C@@H]2NC(=O)NC(C)=C2C(=O)OC)ccc1OC[C@@H](O)N/N=C\c1cc(Br)c(OCc2ccccc2)c(I)c1. The fraction of sp³-hybridized carbons (Fsp3) is 0.258. The number of allylic oxidation sites excluding steroid dienone is 1. The number of aliphatic hydroxyl groups is 1. The Balaban J connectivity index is 1.37. The van der Waals surface area contributed by atoms with Crippen LogP contribution >= 0.6 is 38.5 Å². The smallest absolute Gasteiger partial charge is 0.337 e. The van der Waals surface area contributed by atoms with Gasteiger partial charge in [0.2, 0.25) is 0 Å². The van der Waals surface area contributed by atoms with Crippen LogP contribution in [0, 0.1) is 3.57 Å². The van der Waals surface area contributed by atoms with Gasteiger partial charge in [-0.2, -0.15) is 5.10 Å². The summed E-state index contributed by atoms with van der Waals surface area (Å²) in [5, 5.41) is 19.9. The highest BCUT2D eigenvalue weighted by Crippen LogP contribution is 2.35. The summed E-state index contributed by atoms with van der Waals surface area (Å²) in [7, 11) is 1.28. The molecule has 3 aromatic carbocycles. The van der Waals surface area contributed by atoms with Crippen LogP contribution in [0.1, 0.15) is 36.6 Å². The van der Waals surface area contributed by atoms with Crippen molar-refractivity contribution >= 4 is 56.7 Å². The third kappa shape index (κ3) is 8.64. The van der Waals surface area contributed by atoms with Crippen molar-refractivity contribution in [2.24, 2.45) is 5.10 Å². The second kappa shape index (κ2) is 15.8. The van der Waals surface area contributed by atoms with Crippen LogP contribution in [0.15, 0.2) is 81.5 Å². The second-order valence-corrected chi connectivity index (χ2v) is 11.5. The Kier molecular flexibility index (Phi) is 11.9. The van der Waals surface area contributed by atoms with Gasteiger partial charge in [0.15, 0.2) is 17.7 Å². The van der Waals surface area contributed by atoms with Gasteiger partial charge in [0.05, 0.1) is 39.6 Å². The Bertz CT molecular complexity index is 1530. The van der Waals surface area contributed by atoms with Crippen molar-refractivity contribution in [3.05, 3.63) is 96.7 Å². The van der Waals surface area contributed by atoms with Crippen LogP contribution in [0.2, 0.25) is 0 Å². The van der Waals surface area contributed by atoms with E-state index in [-0.39, 0.29) is 12.2 Å². The highest BCUT2D eigenvalue weighted by atomic mass is 127. The molecule has 11 nitrogen and oxygen atoms in total. The van der Waals surface area contributed by atoms with Gasteiger partial charge in [-0.05, 0) is 93.3 Å². The molecule has 1 aliphatic rings. The fourth-order valence-corrected chi connectivity index (χ4v) is 6.11. The van der Waals surface area contributed by atoms with E-state index in [9.17, 15) is 14.7 Å². The van der Waals surface area contributed by atoms with Crippen molar-refractivity contribution in [2.45, 2.75) is 32.7 Å². The van der Waals surface area contributed by atoms with E-state index in [2.05, 4.69) is 59.7 Å². The summed E-state index contributed by atoms with van der Waals surface area (Å²) in [6, 6.07) is 17.5. The summed E-state index contributed by atoms with van der Waals surface area (Å²) in [5.41, 5.74) is 5.78. The number of hydrogen-bond donors (Lipinski definition) is 4. The van der Waals surface area contributed by atoms with E-state index in [4.69, 9.17) is 18.9 Å². The number of nitrogens with zero attached hydrogens (tertiary/aromatic N) is 1. The Hall–Kier alpha value is -3.82. The van der Waals surface area contributed by atoms with Crippen LogP contribution in [0.3, 0.4) is 0 Å². The largest absolute Gasteiger partial charge is 0.490 e. The van der Waals surface area contributed by atoms with Gasteiger partial charge in [0.1, 0.15) is 19.0 Å². The number of amides is 2. The lowest BCUT2D eigenvalue weighted by Gasteiger charge is -2.28. The van der Waals surface area contributed by atoms with Gasteiger partial charge in [0.25, 0.3) is 0 Å². The van der Waals surface area contributed by atoms with Crippen LogP contribution in [0.5, 0.6) is 17.2 Å². The maximum atomic E-state index is 12.4. The average Bonchev–Trinajstić information content (AvgIpc) is 3.00. The van der Waals surface area contributed by atoms with Crippen molar-refractivity contribution in [1.82, 2.24) is 16.1 Å². The minimum atomic E-state index is -1.13. The lowest BCUT2D eigenvalue weighted by Crippen LogP contribution is -2.45. The number of ether oxygens (including phenoxy) is 4. The van der Waals surface area contributed by atoms with Crippen LogP contribution in [0.25, 0.3) is 0 Å². The maximum Gasteiger partial charge on any atom is 0.337 e. The molecule has 1 heterocycles. The lowest BCUT2D eigenvalue weighted by molar-refractivity contribution is -0.136. The summed E-state index contributed by atoms with van der Waals surface area (Å²) < 4.78 is 24.2. The van der Waals surface area contributed by atoms with Gasteiger partial charge in [-0.3, -0.25) is 5.43 Å². The molecule has 44 heavy (non-hydrogen) atoms. The van der Waals surface area contributed by atoms with E-state index in [1.54, 1.807) is 31.3 Å². The number of hydrogen-bond acceptors (Lipinski definition) is 9. The van der Waals surface area contributed by atoms with Crippen LogP contribution in [-0.4, -0.2) is 49.9 Å². The third-order valence-corrected chi connectivity index (χ3v) is 7.75. The molecule has 0 unspecified atom stereocenters. The first kappa shape index (κ1) is 33.1. The van der Waals surface area contributed by atoms with E-state index in [0.717, 1.165) is 24.9 Å². The molecular weight excluding hydrogens is 747 g/mol. The van der Waals surface area contributed by atoms with E-state index < -0.39 is 24.3 Å². The molecule has 0 aliphatic carbocycles. The maximum absolute atomic E-state index is 12.4. The average molecular weight is 779 g/mol. The summed E-state index contributed by atoms with van der Waals surface area (Å²) in [5.74, 6) is 0.914. The Morgan fingerprint density at radius 3 is 2.61 bits per heavy atom. The molecule has 2 atom stereocenters. The zero-order valence-corrected chi connectivity index (χ0v) is 28.0. The predicted molar refractivity (Wildman–Crippen MR) is 177 cm³/mol. The standard InChI is InChI=1S/C31H32BrIN4O7/c1-4-42-25-14-21(28-27(30(39)41-3)18(2)35-31(40)36-28)10-11-24(25)43-17-26(38)37-34-15-20-12-22(32)29(23(33)13-20)44-16-19-8-6-5-7-9-19/h5-15,26,28,37-38H,4,16-17H2,1-3H3,(H2,35,36,40)/b34-15-/t26-,28+/m1/s1. The molecule has 0 radical (unpaired) electrons. The number of esters is 1. The van der Waals surface area contributed by atoms with Crippen molar-refractivity contribution in [3.63, 3.8) is 0 Å². The molecule has 0 aromatic heterocycles. The van der Waals surface area contributed by atoms with Crippen molar-refractivity contribution in [1.29, 1.82) is 0 Å². The molecule has 0 saturated carbocycles. The number of benzene rings is 3. The molecule has 232 valence electrons. The highest BCUT2D eigenvalue weighted by molar-refractivity contribution is 14.1. The minimum Gasteiger partial charge on any atom is -0.490 e. The molecule has 4 rings (SSSR count). The predicted octanol–water partition coefficient (Wildman–Crippen LogP) is 5.15. The number of aliphatic hydroxyl groups excluding tert-OH is 1. The topological polar surface area (TPSA) is 140 Å². The van der Waals surface area contributed by atoms with Crippen LogP contribution < -0.4 is 30.3 Å². The number of nitrogens with one attached hydrogen (secondary N) is 3. The van der Waals surface area contributed by atoms with E-state index in [0.29, 0.717) is 36.0 Å². The number of hydrazone groups is 1. The summed E-state index contributed by atoms with van der Waals surface area (Å²) in [6.07, 6.45) is 0.454. The summed E-state index contributed by atoms with van der Waals surface area (Å²) in [6.45, 7) is 4.10. The van der Waals surface area contributed by atoms with Gasteiger partial charge in [-0.25, -0.2) is 9.59 Å². The highest BCUT2D eigenvalue weighted by Gasteiger charge is 2.32. The number of halogens is 2. The molecule has 0 bridgehead atoms. The van der Waals surface area contributed by atoms with Crippen LogP contribution in [0.4, 0.5) is 4.79 Å². The lowest BCUT2D eigenvalue weighted by atomic mass is 9.95. The number of carbonyl (C=O) groups is 2. The summed E-state index contributed by atoms with van der Waals surface area (Å²) in [4.78, 5) is 24.6. The minimum absolute atomic E-state index is 0.138. The number of methoxy groups -OCH3 is 1. The molecule has 3 aromatic rings. The first-order valence-electron chi connectivity index (χ1n) is 13.6. The van der Waals surface area contributed by atoms with Crippen molar-refractivity contribution < 1.29 is 33.6 Å². The molecule has 0 saturated heterocycles. The molecule has 2 amide bonds. The van der Waals surface area contributed by atoms with Crippen molar-refractivity contribution in [3.8, 4) is 17.2 Å². The van der Waals surface area contributed by atoms with E-state index in [1.165, 1.54) is 7.11 Å². The van der Waals surface area contributed by atoms with Gasteiger partial charge in [0, 0.05) is 5.70 Å². The number of rotatable bonds is 13. The van der Waals surface area contributed by atoms with Gasteiger partial charge in [-0.15, -0.1) is 0 Å². The summed E-state index contributed by atoms with van der Waals surface area (Å²) >= 11 is 5.78. The second-order valence-electron chi connectivity index (χ2n) is 9.50. The van der Waals surface area contributed by atoms with E-state index >= 15 is 0 Å². The first-order valence-corrected chi connectivity index (χ1v) is 15.5. The normalized spacial score (nSPS) is 15.3. The molecule has 1 aliphatic heterocycles. The molecular formula is C31H32BrIN4O7. The zero-order chi connectivity index (χ0) is 31.6. The van der Waals surface area contributed by atoms with Gasteiger partial charge < -0.3 is 34.7 Å². The zero-order valence-electron chi connectivity index (χ0n) is 24.2. The van der Waals surface area contributed by atoms with Gasteiger partial charge in [-0.1, -0.05) is 36.4 Å². The van der Waals surface area contributed by atoms with Crippen LogP contribution in [-0.2, 0) is 16.1 Å². The monoisotopic (exact) mass is 778 g/mol. The molecule has 0 spiro atoms. The van der Waals surface area contributed by atoms with Gasteiger partial charge >= 0.3 is 12.0 Å². The first-order chi connectivity index (χ1) is 21.2. The number of carbonyl (C=O) groups excluding carboxylic acids is 2. The fourth-order valence-electron chi connectivity index (χ4n) is 4.34. The number of urea groups is 1. The van der Waals surface area contributed by atoms with Crippen molar-refractivity contribution in [2.75, 3.05) is 20.3 Å². The Morgan fingerprint density at radius 1 is 1.14 bits per heavy atom. The molecule has 13 heteroatoms. The van der Waals surface area contributed by atoms with E-state index in [1.807, 2.05) is 49.4 Å².